The summed E-state index contributed by atoms with van der Waals surface area (Å²) in [6.07, 6.45) is 5.41. The minimum absolute atomic E-state index is 0.00132. The highest BCUT2D eigenvalue weighted by Crippen LogP contribution is 2.29. The Labute approximate surface area is 129 Å². The molecule has 0 amide bonds. The molecule has 21 heavy (non-hydrogen) atoms. The fraction of sp³-hybridized carbons (Fsp3) is 0.0714. The van der Waals surface area contributed by atoms with E-state index in [1.165, 1.54) is 15.3 Å². The van der Waals surface area contributed by atoms with Crippen molar-refractivity contribution in [3.05, 3.63) is 57.2 Å². The quantitative estimate of drug-likeness (QED) is 0.697. The largest absolute Gasteiger partial charge is 0.305 e. The first-order chi connectivity index (χ1) is 10.1. The van der Waals surface area contributed by atoms with Gasteiger partial charge in [0.05, 0.1) is 22.8 Å². The smallest absolute Gasteiger partial charge is 0.277 e. The van der Waals surface area contributed by atoms with Gasteiger partial charge in [-0.05, 0) is 17.7 Å². The van der Waals surface area contributed by atoms with Crippen LogP contribution in [0.3, 0.4) is 0 Å². The van der Waals surface area contributed by atoms with E-state index >= 15 is 0 Å². The second-order valence-corrected chi connectivity index (χ2v) is 5.22. The van der Waals surface area contributed by atoms with Crippen LogP contribution in [0, 0.1) is 0 Å². The van der Waals surface area contributed by atoms with Gasteiger partial charge in [0, 0.05) is 18.0 Å². The van der Waals surface area contributed by atoms with Gasteiger partial charge < -0.3 is 9.36 Å². The zero-order chi connectivity index (χ0) is 15.0. The van der Waals surface area contributed by atoms with Crippen molar-refractivity contribution in [1.29, 1.82) is 0 Å². The lowest BCUT2D eigenvalue weighted by molar-refractivity contribution is -0.108. The molecule has 0 aliphatic heterocycles. The monoisotopic (exact) mass is 321 g/mol. The van der Waals surface area contributed by atoms with E-state index in [4.69, 9.17) is 23.2 Å². The fourth-order valence-electron chi connectivity index (χ4n) is 2.13. The Hall–Kier alpha value is -2.11. The maximum Gasteiger partial charge on any atom is 0.277 e. The summed E-state index contributed by atoms with van der Waals surface area (Å²) in [5, 5.41) is 4.99. The molecule has 0 fully saturated rings. The lowest BCUT2D eigenvalue weighted by Crippen LogP contribution is -2.22. The topological polar surface area (TPSA) is 56.4 Å². The summed E-state index contributed by atoms with van der Waals surface area (Å²) < 4.78 is 2.80. The Morgan fingerprint density at radius 1 is 1.19 bits per heavy atom. The normalized spacial score (nSPS) is 11.0. The predicted octanol–water partition coefficient (Wildman–Crippen LogP) is 2.67. The molecule has 0 spiro atoms. The molecule has 3 rings (SSSR count). The number of aldehydes is 1. The maximum atomic E-state index is 12.4. The standard InChI is InChI=1S/C14H9Cl2N3O2/c15-11-2-1-9(7-12(11)16)10-8-17-19-4-3-18(5-6-20)14(21)13(10)19/h1-4,6-8H,5H2. The molecule has 0 bridgehead atoms. The van der Waals surface area contributed by atoms with Gasteiger partial charge in [-0.3, -0.25) is 4.79 Å². The maximum absolute atomic E-state index is 12.4. The molecule has 3 aromatic rings. The Kier molecular flexibility index (Phi) is 3.53. The second kappa shape index (κ2) is 5.35. The molecule has 0 aliphatic rings. The molecule has 2 aromatic heterocycles. The summed E-state index contributed by atoms with van der Waals surface area (Å²) in [7, 11) is 0. The average Bonchev–Trinajstić information content (AvgIpc) is 2.90. The number of carbonyl (C=O) groups is 1. The van der Waals surface area contributed by atoms with Crippen molar-refractivity contribution in [2.45, 2.75) is 6.54 Å². The van der Waals surface area contributed by atoms with E-state index in [1.807, 2.05) is 0 Å². The van der Waals surface area contributed by atoms with Gasteiger partial charge in [0.15, 0.2) is 0 Å². The van der Waals surface area contributed by atoms with E-state index in [9.17, 15) is 9.59 Å². The predicted molar refractivity (Wildman–Crippen MR) is 81.0 cm³/mol. The number of hydrogen-bond donors (Lipinski definition) is 0. The van der Waals surface area contributed by atoms with Crippen molar-refractivity contribution in [1.82, 2.24) is 14.2 Å². The van der Waals surface area contributed by atoms with Crippen molar-refractivity contribution >= 4 is 35.0 Å². The molecule has 5 nitrogen and oxygen atoms in total. The number of benzene rings is 1. The number of aromatic nitrogens is 3. The Bertz CT molecular complexity index is 899. The Balaban J connectivity index is 2.27. The van der Waals surface area contributed by atoms with Crippen molar-refractivity contribution < 1.29 is 4.79 Å². The summed E-state index contributed by atoms with van der Waals surface area (Å²) in [6.45, 7) is 0.00132. The van der Waals surface area contributed by atoms with Crippen LogP contribution < -0.4 is 5.56 Å². The minimum Gasteiger partial charge on any atom is -0.305 e. The first kappa shape index (κ1) is 13.9. The van der Waals surface area contributed by atoms with E-state index in [0.717, 1.165) is 5.56 Å². The van der Waals surface area contributed by atoms with Crippen molar-refractivity contribution in [3.63, 3.8) is 0 Å². The third-order valence-electron chi connectivity index (χ3n) is 3.15. The number of halogens is 2. The van der Waals surface area contributed by atoms with Gasteiger partial charge in [-0.1, -0.05) is 29.3 Å². The Morgan fingerprint density at radius 2 is 2.00 bits per heavy atom. The SMILES string of the molecule is O=CCn1ccn2ncc(-c3ccc(Cl)c(Cl)c3)c2c1=O. The van der Waals surface area contributed by atoms with E-state index in [0.29, 0.717) is 27.4 Å². The average molecular weight is 322 g/mol. The Morgan fingerprint density at radius 3 is 2.71 bits per heavy atom. The zero-order valence-electron chi connectivity index (χ0n) is 10.7. The molecular formula is C14H9Cl2N3O2. The van der Waals surface area contributed by atoms with E-state index < -0.39 is 0 Å². The lowest BCUT2D eigenvalue weighted by Gasteiger charge is -2.04. The zero-order valence-corrected chi connectivity index (χ0v) is 12.2. The highest BCUT2D eigenvalue weighted by atomic mass is 35.5. The summed E-state index contributed by atoms with van der Waals surface area (Å²) in [5.41, 5.74) is 1.47. The van der Waals surface area contributed by atoms with E-state index in [-0.39, 0.29) is 12.1 Å². The molecule has 7 heteroatoms. The van der Waals surface area contributed by atoms with Gasteiger partial charge in [0.1, 0.15) is 11.8 Å². The van der Waals surface area contributed by atoms with Crippen LogP contribution in [0.25, 0.3) is 16.6 Å². The molecule has 0 atom stereocenters. The van der Waals surface area contributed by atoms with Gasteiger partial charge in [-0.25, -0.2) is 4.52 Å². The van der Waals surface area contributed by atoms with Crippen molar-refractivity contribution in [3.8, 4) is 11.1 Å². The third-order valence-corrected chi connectivity index (χ3v) is 3.89. The molecule has 0 saturated carbocycles. The third kappa shape index (κ3) is 2.34. The lowest BCUT2D eigenvalue weighted by atomic mass is 10.1. The van der Waals surface area contributed by atoms with Crippen LogP contribution in [-0.4, -0.2) is 20.5 Å². The molecule has 0 N–H and O–H groups in total. The summed E-state index contributed by atoms with van der Waals surface area (Å²) in [5.74, 6) is 0. The molecule has 0 saturated heterocycles. The second-order valence-electron chi connectivity index (χ2n) is 4.40. The van der Waals surface area contributed by atoms with Crippen LogP contribution >= 0.6 is 23.2 Å². The molecule has 106 valence electrons. The van der Waals surface area contributed by atoms with Gasteiger partial charge in [0.25, 0.3) is 5.56 Å². The molecule has 0 unspecified atom stereocenters. The van der Waals surface area contributed by atoms with Crippen LogP contribution in [0.4, 0.5) is 0 Å². The highest BCUT2D eigenvalue weighted by molar-refractivity contribution is 6.42. The fourth-order valence-corrected chi connectivity index (χ4v) is 2.43. The van der Waals surface area contributed by atoms with Crippen LogP contribution in [-0.2, 0) is 11.3 Å². The van der Waals surface area contributed by atoms with Crippen molar-refractivity contribution in [2.24, 2.45) is 0 Å². The van der Waals surface area contributed by atoms with Gasteiger partial charge in [-0.2, -0.15) is 5.10 Å². The summed E-state index contributed by atoms with van der Waals surface area (Å²) in [4.78, 5) is 23.0. The van der Waals surface area contributed by atoms with E-state index in [2.05, 4.69) is 5.10 Å². The number of rotatable bonds is 3. The molecule has 0 radical (unpaired) electrons. The van der Waals surface area contributed by atoms with Gasteiger partial charge in [-0.15, -0.1) is 0 Å². The van der Waals surface area contributed by atoms with Crippen LogP contribution in [0.2, 0.25) is 10.0 Å². The minimum atomic E-state index is -0.289. The van der Waals surface area contributed by atoms with Crippen LogP contribution in [0.5, 0.6) is 0 Å². The number of nitrogens with zero attached hydrogens (tertiary/aromatic N) is 3. The first-order valence-electron chi connectivity index (χ1n) is 6.07. The molecular weight excluding hydrogens is 313 g/mol. The number of fused-ring (bicyclic) bond motifs is 1. The van der Waals surface area contributed by atoms with Gasteiger partial charge in [0.2, 0.25) is 0 Å². The van der Waals surface area contributed by atoms with E-state index in [1.54, 1.807) is 30.6 Å². The summed E-state index contributed by atoms with van der Waals surface area (Å²) >= 11 is 11.9. The molecule has 0 aliphatic carbocycles. The highest BCUT2D eigenvalue weighted by Gasteiger charge is 2.13. The molecule has 2 heterocycles. The van der Waals surface area contributed by atoms with Crippen molar-refractivity contribution in [2.75, 3.05) is 0 Å². The number of carbonyl (C=O) groups excluding carboxylic acids is 1. The van der Waals surface area contributed by atoms with Crippen LogP contribution in [0.15, 0.2) is 41.6 Å². The van der Waals surface area contributed by atoms with Crippen LogP contribution in [0.1, 0.15) is 0 Å². The summed E-state index contributed by atoms with van der Waals surface area (Å²) in [6, 6.07) is 5.11. The number of hydrogen-bond acceptors (Lipinski definition) is 3. The van der Waals surface area contributed by atoms with Gasteiger partial charge >= 0.3 is 0 Å². The first-order valence-corrected chi connectivity index (χ1v) is 6.83. The molecule has 1 aromatic carbocycles.